The molecule has 4 heteroatoms. The SMILES string of the molecule is O=C=O.[Ar].[Cu]. The summed E-state index contributed by atoms with van der Waals surface area (Å²) in [7, 11) is 0. The van der Waals surface area contributed by atoms with Crippen LogP contribution >= 0.6 is 0 Å². The van der Waals surface area contributed by atoms with Crippen LogP contribution in [0.3, 0.4) is 0 Å². The molecule has 0 atom stereocenters. The summed E-state index contributed by atoms with van der Waals surface area (Å²) in [6.07, 6.45) is 0.250. The van der Waals surface area contributed by atoms with Gasteiger partial charge in [0.25, 0.3) is 0 Å². The second-order valence-electron chi connectivity index (χ2n) is 0.0833. The second-order valence-corrected chi connectivity index (χ2v) is 0.0833. The van der Waals surface area contributed by atoms with Crippen LogP contribution in [0.4, 0.5) is 0 Å². The van der Waals surface area contributed by atoms with Crippen molar-refractivity contribution >= 4 is 6.15 Å². The van der Waals surface area contributed by atoms with Crippen LogP contribution in [0.15, 0.2) is 0 Å². The molecule has 0 spiro atoms. The van der Waals surface area contributed by atoms with Gasteiger partial charge in [-0.25, -0.2) is 0 Å². The Morgan fingerprint density at radius 1 is 1.20 bits per heavy atom. The van der Waals surface area contributed by atoms with Gasteiger partial charge in [0.2, 0.25) is 0 Å². The summed E-state index contributed by atoms with van der Waals surface area (Å²) in [4.78, 5) is 16.2. The van der Waals surface area contributed by atoms with Gasteiger partial charge in [0, 0.05) is 54.8 Å². The van der Waals surface area contributed by atoms with Gasteiger partial charge in [-0.15, -0.1) is 0 Å². The first-order valence-corrected chi connectivity index (χ1v) is 0.408. The summed E-state index contributed by atoms with van der Waals surface area (Å²) in [6.45, 7) is 0. The van der Waals surface area contributed by atoms with Crippen LogP contribution in [0.25, 0.3) is 0 Å². The normalized spacial score (nSPS) is 1.60. The Kier molecular flexibility index (Phi) is 62.9. The standard InChI is InChI=1S/CO2.Ar.Cu/c2-1-3;;. The fourth-order valence-corrected chi connectivity index (χ4v) is 0. The Bertz CT molecular complexity index is 30.6. The van der Waals surface area contributed by atoms with E-state index >= 15 is 0 Å². The maximum absolute atomic E-state index is 8.12. The molecule has 0 saturated carbocycles. The molecule has 0 rings (SSSR count). The molecule has 0 aliphatic carbocycles. The number of hydrogen-bond donors (Lipinski definition) is 0. The van der Waals surface area contributed by atoms with E-state index in [0.29, 0.717) is 0 Å². The smallest absolute Gasteiger partial charge is 0.186 e. The van der Waals surface area contributed by atoms with Gasteiger partial charge in [-0.1, -0.05) is 0 Å². The molecule has 2 nitrogen and oxygen atoms in total. The van der Waals surface area contributed by atoms with Gasteiger partial charge in [-0.05, 0) is 0 Å². The molecule has 0 heterocycles. The second kappa shape index (κ2) is 19.1. The van der Waals surface area contributed by atoms with Gasteiger partial charge in [-0.3, -0.25) is 0 Å². The van der Waals surface area contributed by atoms with Crippen LogP contribution in [0.2, 0.25) is 0 Å². The topological polar surface area (TPSA) is 34.1 Å². The molecule has 1 radical (unpaired) electrons. The van der Waals surface area contributed by atoms with Gasteiger partial charge in [0.05, 0.1) is 0 Å². The number of carbonyl (C=O) groups excluding carboxylic acids is 2. The minimum Gasteiger partial charge on any atom is -0.186 e. The van der Waals surface area contributed by atoms with Gasteiger partial charge < -0.3 is 0 Å². The minimum atomic E-state index is 0. The van der Waals surface area contributed by atoms with E-state index in [2.05, 4.69) is 0 Å². The first-order valence-electron chi connectivity index (χ1n) is 0.408. The fraction of sp³-hybridized carbons (Fsp3) is 0. The molecule has 0 aromatic heterocycles. The quantitative estimate of drug-likeness (QED) is 0.430. The summed E-state index contributed by atoms with van der Waals surface area (Å²) in [5.41, 5.74) is 0. The molecule has 0 aromatic carbocycles. The van der Waals surface area contributed by atoms with E-state index in [0.717, 1.165) is 0 Å². The average molecular weight is 148 g/mol. The third-order valence-electron chi connectivity index (χ3n) is 0. The summed E-state index contributed by atoms with van der Waals surface area (Å²) in [6, 6.07) is 0. The van der Waals surface area contributed by atoms with Crippen LogP contribution in [0.5, 0.6) is 0 Å². The monoisotopic (exact) mass is 147 g/mol. The van der Waals surface area contributed by atoms with E-state index in [4.69, 9.17) is 9.59 Å². The molecule has 0 amide bonds. The molecule has 0 fully saturated rings. The molecule has 0 aromatic rings. The minimum absolute atomic E-state index is 0. The Hall–Kier alpha value is 1.16. The average Bonchev–Trinajstić information content (AvgIpc) is 0.918. The predicted octanol–water partition coefficient (Wildman–Crippen LogP) is -0.586. The van der Waals surface area contributed by atoms with Crippen molar-refractivity contribution in [3.05, 3.63) is 0 Å². The van der Waals surface area contributed by atoms with E-state index in [1.54, 1.807) is 0 Å². The van der Waals surface area contributed by atoms with Crippen molar-refractivity contribution in [1.82, 2.24) is 0 Å². The zero-order chi connectivity index (χ0) is 2.71. The van der Waals surface area contributed by atoms with Gasteiger partial charge in [0.1, 0.15) is 0 Å². The third kappa shape index (κ3) is 38.3. The molecule has 0 aliphatic heterocycles. The Morgan fingerprint density at radius 2 is 1.20 bits per heavy atom. The molecule has 0 N–H and O–H groups in total. The zero-order valence-corrected chi connectivity index (χ0v) is 3.62. The van der Waals surface area contributed by atoms with Crippen molar-refractivity contribution in [3.63, 3.8) is 0 Å². The molecule has 5 heavy (non-hydrogen) atoms. The maximum atomic E-state index is 8.12. The number of hydrogen-bond acceptors (Lipinski definition) is 2. The molecule has 0 unspecified atom stereocenters. The molecule has 0 aliphatic rings. The van der Waals surface area contributed by atoms with Crippen molar-refractivity contribution in [1.29, 1.82) is 0 Å². The largest absolute Gasteiger partial charge is 0.373 e. The number of rotatable bonds is 0. The summed E-state index contributed by atoms with van der Waals surface area (Å²) in [5.74, 6) is 0. The third-order valence-corrected chi connectivity index (χ3v) is 0. The van der Waals surface area contributed by atoms with Crippen LogP contribution in [0, 0.1) is 37.7 Å². The molecule has 35 valence electrons. The van der Waals surface area contributed by atoms with E-state index in [-0.39, 0.29) is 61.0 Å². The van der Waals surface area contributed by atoms with E-state index < -0.39 is 0 Å². The zero-order valence-electron chi connectivity index (χ0n) is 1.97. The van der Waals surface area contributed by atoms with Gasteiger partial charge in [-0.2, -0.15) is 9.59 Å². The van der Waals surface area contributed by atoms with Gasteiger partial charge >= 0.3 is 6.15 Å². The van der Waals surface area contributed by atoms with Crippen LogP contribution < -0.4 is 0 Å². The summed E-state index contributed by atoms with van der Waals surface area (Å²) >= 11 is 0. The van der Waals surface area contributed by atoms with Crippen molar-refractivity contribution in [2.75, 3.05) is 0 Å². The summed E-state index contributed by atoms with van der Waals surface area (Å²) in [5, 5.41) is 0. The fourth-order valence-electron chi connectivity index (χ4n) is 0. The van der Waals surface area contributed by atoms with Crippen molar-refractivity contribution < 1.29 is 64.4 Å². The Labute approximate surface area is 69.8 Å². The first kappa shape index (κ1) is 16.4. The van der Waals surface area contributed by atoms with Crippen LogP contribution in [0.1, 0.15) is 0 Å². The summed E-state index contributed by atoms with van der Waals surface area (Å²) < 4.78 is 0. The van der Waals surface area contributed by atoms with Crippen molar-refractivity contribution in [3.8, 4) is 0 Å². The molecule has 0 saturated heterocycles. The molecular formula is CArCuO2. The Morgan fingerprint density at radius 3 is 1.20 bits per heavy atom. The first-order chi connectivity index (χ1) is 1.41. The predicted molar refractivity (Wildman–Crippen MR) is 5.01 cm³/mol. The van der Waals surface area contributed by atoms with Crippen molar-refractivity contribution in [2.45, 2.75) is 0 Å². The maximum Gasteiger partial charge on any atom is 0.373 e. The van der Waals surface area contributed by atoms with Crippen LogP contribution in [-0.4, -0.2) is 6.15 Å². The van der Waals surface area contributed by atoms with E-state index in [9.17, 15) is 0 Å². The molecule has 0 bridgehead atoms. The van der Waals surface area contributed by atoms with E-state index in [1.165, 1.54) is 0 Å². The molecular weight excluding hydrogens is 148 g/mol. The van der Waals surface area contributed by atoms with Crippen molar-refractivity contribution in [2.24, 2.45) is 0 Å². The van der Waals surface area contributed by atoms with Crippen LogP contribution in [-0.2, 0) is 26.7 Å². The Balaban J connectivity index is -0.0000000200. The van der Waals surface area contributed by atoms with Gasteiger partial charge in [0.15, 0.2) is 0 Å². The van der Waals surface area contributed by atoms with E-state index in [1.807, 2.05) is 0 Å².